The highest BCUT2D eigenvalue weighted by Crippen LogP contribution is 2.49. The third-order valence-electron chi connectivity index (χ3n) is 13.0. The third-order valence-corrected chi connectivity index (χ3v) is 22.2. The molecule has 7 rings (SSSR count). The summed E-state index contributed by atoms with van der Waals surface area (Å²) in [4.78, 5) is 0. The highest BCUT2D eigenvalue weighted by atomic mass is 32.2. The number of rotatable bonds is 14. The summed E-state index contributed by atoms with van der Waals surface area (Å²) >= 11 is 4.06. The van der Waals surface area contributed by atoms with Gasteiger partial charge in [-0.05, 0) is 77.4 Å². The van der Waals surface area contributed by atoms with Gasteiger partial charge in [0.1, 0.15) is 36.6 Å². The van der Waals surface area contributed by atoms with Crippen LogP contribution in [0.2, 0.25) is 16.6 Å². The molecule has 5 aliphatic heterocycles. The van der Waals surface area contributed by atoms with E-state index in [1.807, 2.05) is 78.2 Å². The Bertz CT molecular complexity index is 1800. The van der Waals surface area contributed by atoms with Crippen LogP contribution in [0.25, 0.3) is 0 Å². The maximum Gasteiger partial charge on any atom is 0.272 e. The fourth-order valence-electron chi connectivity index (χ4n) is 10.0. The van der Waals surface area contributed by atoms with Crippen LogP contribution in [0, 0.1) is 12.0 Å². The van der Waals surface area contributed by atoms with Gasteiger partial charge in [-0.15, -0.1) is 23.5 Å². The lowest BCUT2D eigenvalue weighted by molar-refractivity contribution is -0.299. The van der Waals surface area contributed by atoms with E-state index in [1.54, 1.807) is 0 Å². The molecule has 2 aromatic carbocycles. The Morgan fingerprint density at radius 1 is 0.738 bits per heavy atom. The van der Waals surface area contributed by atoms with E-state index in [4.69, 9.17) is 32.8 Å². The zero-order chi connectivity index (χ0) is 43.0. The molecule has 0 bridgehead atoms. The Hall–Kier alpha value is -2.34. The lowest BCUT2D eigenvalue weighted by Gasteiger charge is -2.52. The molecule has 1 N–H and O–H groups in total. The first-order valence-corrected chi connectivity index (χ1v) is 26.7. The maximum absolute atomic E-state index is 11.2. The van der Waals surface area contributed by atoms with Crippen molar-refractivity contribution in [2.75, 3.05) is 11.5 Å². The van der Waals surface area contributed by atoms with Crippen molar-refractivity contribution in [2.24, 2.45) is 0 Å². The SMILES string of the molecule is CC(C)[Si](OC#C/C=C/C[C@H]1O[C@H]2C=C[C@H]3O[C@H]4[C@H](OCc5ccccc5)[C@@H](OCc5ccccc5)[C@H](CC5(C)SCCCS5)O[C@@H]4C[C@@H]3O[C@@H]2C=C[C@H]1O)(C(C)C)C(C)C. The number of aliphatic hydroxyl groups excluding tert-OH is 1. The molecule has 0 spiro atoms. The van der Waals surface area contributed by atoms with Crippen LogP contribution < -0.4 is 0 Å². The van der Waals surface area contributed by atoms with E-state index >= 15 is 0 Å². The number of ether oxygens (including phenoxy) is 6. The molecular formula is C50H68O8S2Si. The minimum atomic E-state index is -2.08. The molecule has 0 unspecified atom stereocenters. The second kappa shape index (κ2) is 21.6. The standard InChI is InChI=1S/C50H68O8S2Si/c1-34(2)61(35(3)4,36(5)6)54-27-16-10-15-22-40-39(51)23-24-41-42(55-40)25-26-43-44(56-41)30-45-48(58-43)49(53-33-38-20-13-9-14-21-38)47(52-32-37-18-11-8-12-19-37)46(57-45)31-50(7)59-28-17-29-60-50/h8-15,18-21,23-26,34-36,39-49,51H,17,22,28-33H2,1-7H3/b15-10+/t39-,40-,41-,42+,43-,44+,45-,46+,47+,48-,49-/m1/s1. The summed E-state index contributed by atoms with van der Waals surface area (Å²) in [5.41, 5.74) is 3.57. The molecule has 0 aromatic heterocycles. The largest absolute Gasteiger partial charge is 0.499 e. The summed E-state index contributed by atoms with van der Waals surface area (Å²) in [5, 5.41) is 11.2. The first-order chi connectivity index (χ1) is 29.5. The number of fused-ring (bicyclic) bond motifs is 3. The lowest BCUT2D eigenvalue weighted by Crippen LogP contribution is -2.65. The monoisotopic (exact) mass is 888 g/mol. The summed E-state index contributed by atoms with van der Waals surface area (Å²) < 4.78 is 48.0. The van der Waals surface area contributed by atoms with Gasteiger partial charge in [-0.2, -0.15) is 0 Å². The van der Waals surface area contributed by atoms with Crippen LogP contribution in [-0.2, 0) is 46.1 Å². The van der Waals surface area contributed by atoms with Crippen LogP contribution in [0.3, 0.4) is 0 Å². The van der Waals surface area contributed by atoms with Crippen LogP contribution >= 0.6 is 23.5 Å². The molecule has 5 aliphatic rings. The van der Waals surface area contributed by atoms with Crippen molar-refractivity contribution in [3.05, 3.63) is 108 Å². The predicted octanol–water partition coefficient (Wildman–Crippen LogP) is 10.2. The van der Waals surface area contributed by atoms with Crippen LogP contribution in [0.4, 0.5) is 0 Å². The average Bonchev–Trinajstić information content (AvgIpc) is 3.50. The third kappa shape index (κ3) is 11.5. The predicted molar refractivity (Wildman–Crippen MR) is 250 cm³/mol. The van der Waals surface area contributed by atoms with Crippen molar-refractivity contribution in [1.29, 1.82) is 0 Å². The molecule has 5 heterocycles. The molecule has 0 radical (unpaired) electrons. The van der Waals surface area contributed by atoms with Gasteiger partial charge in [0.05, 0.1) is 53.9 Å². The highest BCUT2D eigenvalue weighted by molar-refractivity contribution is 8.18. The minimum absolute atomic E-state index is 0.000937. The van der Waals surface area contributed by atoms with E-state index in [0.29, 0.717) is 42.7 Å². The first kappa shape index (κ1) is 46.6. The molecule has 0 amide bonds. The van der Waals surface area contributed by atoms with Gasteiger partial charge in [0, 0.05) is 6.42 Å². The molecule has 8 nitrogen and oxygen atoms in total. The van der Waals surface area contributed by atoms with Gasteiger partial charge < -0.3 is 38.0 Å². The molecule has 2 aromatic rings. The number of aliphatic hydroxyl groups is 1. The molecular weight excluding hydrogens is 821 g/mol. The molecule has 0 aliphatic carbocycles. The molecule has 0 saturated carbocycles. The van der Waals surface area contributed by atoms with Gasteiger partial charge >= 0.3 is 0 Å². The van der Waals surface area contributed by atoms with E-state index in [-0.39, 0.29) is 46.8 Å². The van der Waals surface area contributed by atoms with Gasteiger partial charge in [-0.3, -0.25) is 0 Å². The van der Waals surface area contributed by atoms with Gasteiger partial charge in [0.25, 0.3) is 8.32 Å². The van der Waals surface area contributed by atoms with E-state index in [9.17, 15) is 5.11 Å². The van der Waals surface area contributed by atoms with Gasteiger partial charge in [0.15, 0.2) is 0 Å². The van der Waals surface area contributed by atoms with E-state index < -0.39 is 32.7 Å². The van der Waals surface area contributed by atoms with Crippen molar-refractivity contribution < 1.29 is 38.0 Å². The zero-order valence-corrected chi connectivity index (χ0v) is 39.7. The fraction of sp³-hybridized carbons (Fsp3) is 0.600. The summed E-state index contributed by atoms with van der Waals surface area (Å²) in [6.45, 7) is 16.8. The summed E-state index contributed by atoms with van der Waals surface area (Å²) in [7, 11) is -2.08. The maximum atomic E-state index is 11.2. The normalized spacial score (nSPS) is 32.4. The van der Waals surface area contributed by atoms with E-state index in [0.717, 1.165) is 29.1 Å². The first-order valence-electron chi connectivity index (χ1n) is 22.5. The highest BCUT2D eigenvalue weighted by Gasteiger charge is 2.55. The number of thioether (sulfide) groups is 2. The second-order valence-electron chi connectivity index (χ2n) is 18.3. The number of allylic oxidation sites excluding steroid dienone is 1. The van der Waals surface area contributed by atoms with Crippen LogP contribution in [0.1, 0.15) is 85.3 Å². The van der Waals surface area contributed by atoms with Crippen molar-refractivity contribution in [1.82, 2.24) is 0 Å². The quantitative estimate of drug-likeness (QED) is 0.112. The topological polar surface area (TPSA) is 84.8 Å². The van der Waals surface area contributed by atoms with Gasteiger partial charge in [-0.1, -0.05) is 133 Å². The summed E-state index contributed by atoms with van der Waals surface area (Å²) in [5.74, 6) is 5.39. The van der Waals surface area contributed by atoms with E-state index in [1.165, 1.54) is 6.42 Å². The Kier molecular flexibility index (Phi) is 16.5. The molecule has 3 fully saturated rings. The van der Waals surface area contributed by atoms with Gasteiger partial charge in [0.2, 0.25) is 0 Å². The van der Waals surface area contributed by atoms with Crippen LogP contribution in [0.15, 0.2) is 97.1 Å². The average molecular weight is 889 g/mol. The summed E-state index contributed by atoms with van der Waals surface area (Å²) in [6.07, 6.45) is 13.5. The lowest BCUT2D eigenvalue weighted by atomic mass is 9.86. The number of benzene rings is 2. The second-order valence-corrected chi connectivity index (χ2v) is 27.1. The summed E-state index contributed by atoms with van der Waals surface area (Å²) in [6, 6.07) is 20.7. The van der Waals surface area contributed by atoms with Crippen LogP contribution in [0.5, 0.6) is 0 Å². The van der Waals surface area contributed by atoms with Crippen molar-refractivity contribution in [2.45, 2.75) is 175 Å². The van der Waals surface area contributed by atoms with Gasteiger partial charge in [-0.25, -0.2) is 0 Å². The zero-order valence-electron chi connectivity index (χ0n) is 37.1. The smallest absolute Gasteiger partial charge is 0.272 e. The van der Waals surface area contributed by atoms with Crippen molar-refractivity contribution in [3.63, 3.8) is 0 Å². The molecule has 61 heavy (non-hydrogen) atoms. The Morgan fingerprint density at radius 3 is 1.97 bits per heavy atom. The Balaban J connectivity index is 1.08. The Labute approximate surface area is 375 Å². The van der Waals surface area contributed by atoms with E-state index in [2.05, 4.69) is 103 Å². The molecule has 332 valence electrons. The van der Waals surface area contributed by atoms with Crippen molar-refractivity contribution >= 4 is 31.8 Å². The molecule has 3 saturated heterocycles. The molecule has 11 heteroatoms. The molecule has 11 atom stereocenters. The fourth-order valence-corrected chi connectivity index (χ4v) is 18.0. The Morgan fingerprint density at radius 2 is 1.33 bits per heavy atom. The minimum Gasteiger partial charge on any atom is -0.499 e. The number of hydrogen-bond donors (Lipinski definition) is 1. The van der Waals surface area contributed by atoms with Crippen LogP contribution in [-0.4, -0.2) is 96.2 Å². The van der Waals surface area contributed by atoms with Crippen molar-refractivity contribution in [3.8, 4) is 12.0 Å². The number of hydrogen-bond acceptors (Lipinski definition) is 10.